The lowest BCUT2D eigenvalue weighted by Gasteiger charge is -2.32. The topological polar surface area (TPSA) is 70.7 Å². The van der Waals surface area contributed by atoms with Crippen LogP contribution in [0.4, 0.5) is 5.69 Å². The maximum atomic E-state index is 12.1. The van der Waals surface area contributed by atoms with E-state index in [-0.39, 0.29) is 6.04 Å². The van der Waals surface area contributed by atoms with Crippen LogP contribution in [0.1, 0.15) is 39.5 Å². The highest BCUT2D eigenvalue weighted by atomic mass is 16.5. The molecule has 0 atom stereocenters. The van der Waals surface area contributed by atoms with Crippen LogP contribution in [-0.4, -0.2) is 49.0 Å². The van der Waals surface area contributed by atoms with E-state index in [1.807, 2.05) is 6.92 Å². The van der Waals surface area contributed by atoms with Gasteiger partial charge in [-0.1, -0.05) is 13.3 Å². The largest absolute Gasteiger partial charge is 0.494 e. The van der Waals surface area contributed by atoms with Gasteiger partial charge in [-0.05, 0) is 57.0 Å². The molecule has 1 aliphatic heterocycles. The highest BCUT2D eigenvalue weighted by Crippen LogP contribution is 2.16. The SMILES string of the molecule is CCCCN1CCC(NC(=O)C(=O)Nc2ccc(OCC)cc2)CC1. The van der Waals surface area contributed by atoms with Gasteiger partial charge in [0.15, 0.2) is 0 Å². The number of unbranched alkanes of at least 4 members (excludes halogenated alkanes) is 1. The molecular formula is C19H29N3O3. The van der Waals surface area contributed by atoms with Crippen molar-refractivity contribution in [3.8, 4) is 5.75 Å². The molecule has 6 nitrogen and oxygen atoms in total. The van der Waals surface area contributed by atoms with Gasteiger partial charge >= 0.3 is 11.8 Å². The molecule has 0 aromatic heterocycles. The van der Waals surface area contributed by atoms with Crippen molar-refractivity contribution >= 4 is 17.5 Å². The Morgan fingerprint density at radius 1 is 1.12 bits per heavy atom. The molecule has 1 fully saturated rings. The monoisotopic (exact) mass is 347 g/mol. The second kappa shape index (κ2) is 10.0. The van der Waals surface area contributed by atoms with Crippen molar-refractivity contribution in [1.29, 1.82) is 0 Å². The highest BCUT2D eigenvalue weighted by Gasteiger charge is 2.23. The first-order chi connectivity index (χ1) is 12.1. The van der Waals surface area contributed by atoms with Crippen LogP contribution in [0.25, 0.3) is 0 Å². The summed E-state index contributed by atoms with van der Waals surface area (Å²) >= 11 is 0. The molecule has 1 saturated heterocycles. The Hall–Kier alpha value is -2.08. The van der Waals surface area contributed by atoms with Crippen LogP contribution in [-0.2, 0) is 9.59 Å². The van der Waals surface area contributed by atoms with Gasteiger partial charge in [0.25, 0.3) is 0 Å². The summed E-state index contributed by atoms with van der Waals surface area (Å²) in [6.45, 7) is 7.77. The van der Waals surface area contributed by atoms with E-state index < -0.39 is 11.8 Å². The Bertz CT molecular complexity index is 552. The van der Waals surface area contributed by atoms with Crippen molar-refractivity contribution in [2.75, 3.05) is 31.6 Å². The van der Waals surface area contributed by atoms with Gasteiger partial charge in [-0.25, -0.2) is 0 Å². The minimum atomic E-state index is -0.627. The highest BCUT2D eigenvalue weighted by molar-refractivity contribution is 6.39. The number of ether oxygens (including phenoxy) is 1. The third kappa shape index (κ3) is 6.38. The lowest BCUT2D eigenvalue weighted by molar-refractivity contribution is -0.136. The van der Waals surface area contributed by atoms with E-state index in [1.165, 1.54) is 12.8 Å². The number of hydrogen-bond acceptors (Lipinski definition) is 4. The molecule has 1 aromatic carbocycles. The summed E-state index contributed by atoms with van der Waals surface area (Å²) in [5.74, 6) is -0.460. The lowest BCUT2D eigenvalue weighted by Crippen LogP contribution is -2.47. The molecule has 2 amide bonds. The van der Waals surface area contributed by atoms with Gasteiger partial charge in [0.2, 0.25) is 0 Å². The second-order valence-electron chi connectivity index (χ2n) is 6.35. The van der Waals surface area contributed by atoms with Crippen molar-refractivity contribution in [2.45, 2.75) is 45.6 Å². The summed E-state index contributed by atoms with van der Waals surface area (Å²) < 4.78 is 5.35. The van der Waals surface area contributed by atoms with Crippen molar-refractivity contribution in [1.82, 2.24) is 10.2 Å². The van der Waals surface area contributed by atoms with E-state index in [0.717, 1.165) is 38.2 Å². The molecule has 0 radical (unpaired) electrons. The fourth-order valence-electron chi connectivity index (χ4n) is 2.92. The van der Waals surface area contributed by atoms with Crippen molar-refractivity contribution in [2.24, 2.45) is 0 Å². The fourth-order valence-corrected chi connectivity index (χ4v) is 2.92. The predicted octanol–water partition coefficient (Wildman–Crippen LogP) is 2.40. The number of benzene rings is 1. The Morgan fingerprint density at radius 2 is 1.80 bits per heavy atom. The average molecular weight is 347 g/mol. The van der Waals surface area contributed by atoms with Crippen molar-refractivity contribution < 1.29 is 14.3 Å². The zero-order valence-corrected chi connectivity index (χ0v) is 15.2. The minimum Gasteiger partial charge on any atom is -0.494 e. The number of likely N-dealkylation sites (tertiary alicyclic amines) is 1. The second-order valence-corrected chi connectivity index (χ2v) is 6.35. The molecule has 2 N–H and O–H groups in total. The standard InChI is InChI=1S/C19H29N3O3/c1-3-5-12-22-13-10-16(11-14-22)21-19(24)18(23)20-15-6-8-17(9-7-15)25-4-2/h6-9,16H,3-5,10-14H2,1-2H3,(H,20,23)(H,21,24). The number of anilines is 1. The summed E-state index contributed by atoms with van der Waals surface area (Å²) in [5, 5.41) is 5.47. The number of hydrogen-bond donors (Lipinski definition) is 2. The molecule has 138 valence electrons. The third-order valence-electron chi connectivity index (χ3n) is 4.38. The quantitative estimate of drug-likeness (QED) is 0.743. The van der Waals surface area contributed by atoms with Crippen molar-refractivity contribution in [3.63, 3.8) is 0 Å². The van der Waals surface area contributed by atoms with E-state index in [9.17, 15) is 9.59 Å². The number of piperidine rings is 1. The van der Waals surface area contributed by atoms with Crippen LogP contribution < -0.4 is 15.4 Å². The normalized spacial score (nSPS) is 15.6. The van der Waals surface area contributed by atoms with E-state index in [4.69, 9.17) is 4.74 Å². The fraction of sp³-hybridized carbons (Fsp3) is 0.579. The molecule has 25 heavy (non-hydrogen) atoms. The molecule has 0 bridgehead atoms. The number of carbonyl (C=O) groups is 2. The van der Waals surface area contributed by atoms with E-state index in [1.54, 1.807) is 24.3 Å². The first-order valence-electron chi connectivity index (χ1n) is 9.19. The van der Waals surface area contributed by atoms with Gasteiger partial charge in [0, 0.05) is 24.8 Å². The number of nitrogens with zero attached hydrogens (tertiary/aromatic N) is 1. The van der Waals surface area contributed by atoms with E-state index in [0.29, 0.717) is 12.3 Å². The first-order valence-corrected chi connectivity index (χ1v) is 9.19. The number of nitrogens with one attached hydrogen (secondary N) is 2. The van der Waals surface area contributed by atoms with Gasteiger partial charge in [-0.15, -0.1) is 0 Å². The maximum absolute atomic E-state index is 12.1. The predicted molar refractivity (Wildman–Crippen MR) is 98.8 cm³/mol. The molecule has 0 aliphatic carbocycles. The van der Waals surface area contributed by atoms with Crippen LogP contribution in [0, 0.1) is 0 Å². The molecule has 0 spiro atoms. The molecular weight excluding hydrogens is 318 g/mol. The van der Waals surface area contributed by atoms with Gasteiger partial charge in [-0.3, -0.25) is 9.59 Å². The Labute approximate surface area is 149 Å². The zero-order valence-electron chi connectivity index (χ0n) is 15.2. The Kier molecular flexibility index (Phi) is 7.73. The number of carbonyl (C=O) groups excluding carboxylic acids is 2. The van der Waals surface area contributed by atoms with Crippen LogP contribution in [0.15, 0.2) is 24.3 Å². The molecule has 1 aliphatic rings. The molecule has 2 rings (SSSR count). The molecule has 6 heteroatoms. The summed E-state index contributed by atoms with van der Waals surface area (Å²) in [6.07, 6.45) is 4.20. The maximum Gasteiger partial charge on any atom is 0.313 e. The molecule has 0 saturated carbocycles. The summed E-state index contributed by atoms with van der Waals surface area (Å²) in [4.78, 5) is 26.5. The number of rotatable bonds is 7. The zero-order chi connectivity index (χ0) is 18.1. The van der Waals surface area contributed by atoms with E-state index in [2.05, 4.69) is 22.5 Å². The van der Waals surface area contributed by atoms with Crippen LogP contribution in [0.5, 0.6) is 5.75 Å². The van der Waals surface area contributed by atoms with Crippen LogP contribution in [0.2, 0.25) is 0 Å². The minimum absolute atomic E-state index is 0.0801. The molecule has 1 aromatic rings. The lowest BCUT2D eigenvalue weighted by atomic mass is 10.0. The Balaban J connectivity index is 1.74. The van der Waals surface area contributed by atoms with E-state index >= 15 is 0 Å². The van der Waals surface area contributed by atoms with Gasteiger partial charge in [0.1, 0.15) is 5.75 Å². The van der Waals surface area contributed by atoms with Crippen LogP contribution in [0.3, 0.4) is 0 Å². The van der Waals surface area contributed by atoms with Gasteiger partial charge in [-0.2, -0.15) is 0 Å². The Morgan fingerprint density at radius 3 is 2.40 bits per heavy atom. The van der Waals surface area contributed by atoms with Gasteiger partial charge < -0.3 is 20.3 Å². The van der Waals surface area contributed by atoms with Gasteiger partial charge in [0.05, 0.1) is 6.61 Å². The smallest absolute Gasteiger partial charge is 0.313 e. The third-order valence-corrected chi connectivity index (χ3v) is 4.38. The van der Waals surface area contributed by atoms with Crippen LogP contribution >= 0.6 is 0 Å². The summed E-state index contributed by atoms with van der Waals surface area (Å²) in [5.41, 5.74) is 0.581. The summed E-state index contributed by atoms with van der Waals surface area (Å²) in [6, 6.07) is 7.06. The van der Waals surface area contributed by atoms with Crippen molar-refractivity contribution in [3.05, 3.63) is 24.3 Å². The first kappa shape index (κ1) is 19.2. The molecule has 1 heterocycles. The average Bonchev–Trinajstić information content (AvgIpc) is 2.63. The number of amides is 2. The summed E-state index contributed by atoms with van der Waals surface area (Å²) in [7, 11) is 0. The molecule has 0 unspecified atom stereocenters.